The van der Waals surface area contributed by atoms with E-state index in [0.717, 1.165) is 26.2 Å². The normalized spacial score (nSPS) is 10.8. The molecule has 0 bridgehead atoms. The van der Waals surface area contributed by atoms with Crippen molar-refractivity contribution in [2.75, 3.05) is 7.11 Å². The molecule has 0 spiro atoms. The van der Waals surface area contributed by atoms with Gasteiger partial charge in [-0.1, -0.05) is 27.5 Å². The summed E-state index contributed by atoms with van der Waals surface area (Å²) >= 11 is 11.2. The van der Waals surface area contributed by atoms with Gasteiger partial charge in [-0.15, -0.1) is 11.3 Å². The summed E-state index contributed by atoms with van der Waals surface area (Å²) in [6.07, 6.45) is 0. The molecule has 4 heteroatoms. The molecule has 0 saturated heterocycles. The highest BCUT2D eigenvalue weighted by Gasteiger charge is 2.09. The molecule has 0 aliphatic carbocycles. The molecule has 0 fully saturated rings. The Hall–Kier alpha value is -0.250. The fourth-order valence-corrected chi connectivity index (χ4v) is 3.07. The zero-order chi connectivity index (χ0) is 10.1. The molecule has 2 rings (SSSR count). The minimum Gasteiger partial charge on any atom is -0.496 e. The largest absolute Gasteiger partial charge is 0.496 e. The number of benzene rings is 1. The molecule has 2 aromatic rings. The molecule has 0 N–H and O–H groups in total. The summed E-state index contributed by atoms with van der Waals surface area (Å²) in [5, 5.41) is 2.74. The van der Waals surface area contributed by atoms with Crippen molar-refractivity contribution in [2.45, 2.75) is 5.33 Å². The molecular formula is C10H8BrClOS. The maximum absolute atomic E-state index is 6.10. The van der Waals surface area contributed by atoms with E-state index in [1.54, 1.807) is 18.4 Å². The molecule has 0 saturated carbocycles. The minimum atomic E-state index is 0.790. The Labute approximate surface area is 99.8 Å². The number of ether oxygens (including phenoxy) is 1. The molecule has 0 amide bonds. The van der Waals surface area contributed by atoms with Gasteiger partial charge in [0.15, 0.2) is 0 Å². The van der Waals surface area contributed by atoms with E-state index >= 15 is 0 Å². The highest BCUT2D eigenvalue weighted by atomic mass is 79.9. The smallest absolute Gasteiger partial charge is 0.127 e. The van der Waals surface area contributed by atoms with Crippen LogP contribution in [0.4, 0.5) is 0 Å². The molecule has 1 nitrogen and oxygen atoms in total. The molecule has 0 atom stereocenters. The average molecular weight is 292 g/mol. The summed E-state index contributed by atoms with van der Waals surface area (Å²) < 4.78 is 6.37. The van der Waals surface area contributed by atoms with Crippen LogP contribution < -0.4 is 4.74 Å². The monoisotopic (exact) mass is 290 g/mol. The predicted molar refractivity (Wildman–Crippen MR) is 66.0 cm³/mol. The van der Waals surface area contributed by atoms with E-state index in [1.807, 2.05) is 12.1 Å². The third-order valence-corrected chi connectivity index (χ3v) is 4.57. The van der Waals surface area contributed by atoms with Crippen LogP contribution in [0.3, 0.4) is 0 Å². The quantitative estimate of drug-likeness (QED) is 0.742. The van der Waals surface area contributed by atoms with Gasteiger partial charge < -0.3 is 4.74 Å². The summed E-state index contributed by atoms with van der Waals surface area (Å²) in [7, 11) is 1.67. The van der Waals surface area contributed by atoms with Gasteiger partial charge in [-0.05, 0) is 18.2 Å². The van der Waals surface area contributed by atoms with Crippen LogP contribution in [0.2, 0.25) is 5.02 Å². The molecule has 74 valence electrons. The standard InChI is InChI=1S/C10H8BrClOS/c1-13-9-3-2-8(12)10-7(9)4-6(5-11)14-10/h2-4H,5H2,1H3. The van der Waals surface area contributed by atoms with Gasteiger partial charge in [0.1, 0.15) is 5.75 Å². The van der Waals surface area contributed by atoms with Crippen molar-refractivity contribution >= 4 is 49.0 Å². The Morgan fingerprint density at radius 2 is 2.29 bits per heavy atom. The van der Waals surface area contributed by atoms with Gasteiger partial charge in [-0.25, -0.2) is 0 Å². The lowest BCUT2D eigenvalue weighted by Crippen LogP contribution is -1.82. The number of hydrogen-bond acceptors (Lipinski definition) is 2. The minimum absolute atomic E-state index is 0.790. The van der Waals surface area contributed by atoms with Gasteiger partial charge in [-0.3, -0.25) is 0 Å². The Morgan fingerprint density at radius 3 is 2.93 bits per heavy atom. The lowest BCUT2D eigenvalue weighted by Gasteiger charge is -2.01. The second-order valence-electron chi connectivity index (χ2n) is 2.84. The summed E-state index contributed by atoms with van der Waals surface area (Å²) in [5.74, 6) is 0.882. The Kier molecular flexibility index (Phi) is 3.00. The molecule has 1 aromatic carbocycles. The summed E-state index contributed by atoms with van der Waals surface area (Å²) in [4.78, 5) is 1.26. The number of fused-ring (bicyclic) bond motifs is 1. The van der Waals surface area contributed by atoms with Crippen LogP contribution in [-0.4, -0.2) is 7.11 Å². The van der Waals surface area contributed by atoms with E-state index in [0.29, 0.717) is 0 Å². The highest BCUT2D eigenvalue weighted by molar-refractivity contribution is 9.08. The SMILES string of the molecule is COc1ccc(Cl)c2sc(CBr)cc12. The number of halogens is 2. The van der Waals surface area contributed by atoms with E-state index in [2.05, 4.69) is 22.0 Å². The second kappa shape index (κ2) is 4.09. The van der Waals surface area contributed by atoms with E-state index in [9.17, 15) is 0 Å². The van der Waals surface area contributed by atoms with Crippen LogP contribution in [0.25, 0.3) is 10.1 Å². The summed E-state index contributed by atoms with van der Waals surface area (Å²) in [5.41, 5.74) is 0. The molecule has 0 aliphatic rings. The first-order valence-electron chi connectivity index (χ1n) is 4.07. The third kappa shape index (κ3) is 1.64. The maximum atomic E-state index is 6.10. The van der Waals surface area contributed by atoms with Crippen molar-refractivity contribution in [1.82, 2.24) is 0 Å². The van der Waals surface area contributed by atoms with Crippen LogP contribution >= 0.6 is 38.9 Å². The lowest BCUT2D eigenvalue weighted by atomic mass is 10.2. The van der Waals surface area contributed by atoms with Crippen molar-refractivity contribution in [3.8, 4) is 5.75 Å². The second-order valence-corrected chi connectivity index (χ2v) is 4.94. The van der Waals surface area contributed by atoms with Crippen molar-refractivity contribution < 1.29 is 4.74 Å². The van der Waals surface area contributed by atoms with Gasteiger partial charge in [0.25, 0.3) is 0 Å². The van der Waals surface area contributed by atoms with Crippen LogP contribution in [0.1, 0.15) is 4.88 Å². The molecule has 1 aromatic heterocycles. The fourth-order valence-electron chi connectivity index (χ4n) is 1.36. The molecule has 14 heavy (non-hydrogen) atoms. The first-order valence-corrected chi connectivity index (χ1v) is 6.38. The van der Waals surface area contributed by atoms with E-state index in [-0.39, 0.29) is 0 Å². The molecular weight excluding hydrogens is 284 g/mol. The third-order valence-electron chi connectivity index (χ3n) is 2.00. The zero-order valence-corrected chi connectivity index (χ0v) is 10.7. The van der Waals surface area contributed by atoms with Crippen molar-refractivity contribution in [1.29, 1.82) is 0 Å². The lowest BCUT2D eigenvalue weighted by molar-refractivity contribution is 0.420. The van der Waals surface area contributed by atoms with E-state index < -0.39 is 0 Å². The van der Waals surface area contributed by atoms with Crippen molar-refractivity contribution in [2.24, 2.45) is 0 Å². The Balaban J connectivity index is 2.74. The van der Waals surface area contributed by atoms with E-state index in [4.69, 9.17) is 16.3 Å². The number of hydrogen-bond donors (Lipinski definition) is 0. The first kappa shape index (κ1) is 10.3. The molecule has 0 radical (unpaired) electrons. The van der Waals surface area contributed by atoms with Gasteiger partial charge in [-0.2, -0.15) is 0 Å². The topological polar surface area (TPSA) is 9.23 Å². The van der Waals surface area contributed by atoms with Crippen molar-refractivity contribution in [3.05, 3.63) is 28.1 Å². The molecule has 0 unspecified atom stereocenters. The van der Waals surface area contributed by atoms with Gasteiger partial charge in [0.2, 0.25) is 0 Å². The fraction of sp³-hybridized carbons (Fsp3) is 0.200. The zero-order valence-electron chi connectivity index (χ0n) is 7.51. The van der Waals surface area contributed by atoms with Gasteiger partial charge in [0.05, 0.1) is 16.8 Å². The number of methoxy groups -OCH3 is 1. The summed E-state index contributed by atoms with van der Waals surface area (Å²) in [6, 6.07) is 5.88. The predicted octanol–water partition coefficient (Wildman–Crippen LogP) is 4.46. The van der Waals surface area contributed by atoms with Crippen LogP contribution in [-0.2, 0) is 5.33 Å². The number of thiophene rings is 1. The molecule has 1 heterocycles. The van der Waals surface area contributed by atoms with Gasteiger partial charge in [0, 0.05) is 15.6 Å². The first-order chi connectivity index (χ1) is 6.76. The summed E-state index contributed by atoms with van der Waals surface area (Å²) in [6.45, 7) is 0. The molecule has 0 aliphatic heterocycles. The number of rotatable bonds is 2. The van der Waals surface area contributed by atoms with Crippen LogP contribution in [0.15, 0.2) is 18.2 Å². The Bertz CT molecular complexity index is 466. The van der Waals surface area contributed by atoms with E-state index in [1.165, 1.54) is 4.88 Å². The van der Waals surface area contributed by atoms with Crippen LogP contribution in [0, 0.1) is 0 Å². The maximum Gasteiger partial charge on any atom is 0.127 e. The van der Waals surface area contributed by atoms with Gasteiger partial charge >= 0.3 is 0 Å². The van der Waals surface area contributed by atoms with Crippen LogP contribution in [0.5, 0.6) is 5.75 Å². The number of alkyl halides is 1. The Morgan fingerprint density at radius 1 is 1.50 bits per heavy atom. The highest BCUT2D eigenvalue weighted by Crippen LogP contribution is 2.38. The average Bonchev–Trinajstić information content (AvgIpc) is 2.63. The van der Waals surface area contributed by atoms with Crippen molar-refractivity contribution in [3.63, 3.8) is 0 Å².